The van der Waals surface area contributed by atoms with Gasteiger partial charge in [-0.2, -0.15) is 40.3 Å². The number of anilines is 11. The average molecular weight is 1850 g/mol. The van der Waals surface area contributed by atoms with Gasteiger partial charge in [0.1, 0.15) is 53.7 Å². The summed E-state index contributed by atoms with van der Waals surface area (Å²) in [5.41, 5.74) is 15.4. The van der Waals surface area contributed by atoms with E-state index in [2.05, 4.69) is 128 Å². The van der Waals surface area contributed by atoms with Crippen LogP contribution in [0.15, 0.2) is 133 Å². The average Bonchev–Trinajstić information content (AvgIpc) is 1.02. The Balaban J connectivity index is 0.0000000971. The van der Waals surface area contributed by atoms with Crippen LogP contribution in [0.25, 0.3) is 44.9 Å². The van der Waals surface area contributed by atoms with Gasteiger partial charge < -0.3 is 50.5 Å². The number of fused-ring (bicyclic) bond motifs is 8. The van der Waals surface area contributed by atoms with Crippen molar-refractivity contribution in [2.75, 3.05) is 56.7 Å². The van der Waals surface area contributed by atoms with Crippen molar-refractivity contribution in [2.24, 2.45) is 72.3 Å². The highest BCUT2D eigenvalue weighted by Crippen LogP contribution is 2.69. The molecule has 708 valence electrons. The third-order valence-electron chi connectivity index (χ3n) is 34.8. The number of imidazole rings is 2. The molecule has 16 heterocycles. The fourth-order valence-corrected chi connectivity index (χ4v) is 30.7. The van der Waals surface area contributed by atoms with E-state index in [0.29, 0.717) is 88.9 Å². The molecule has 32 rings (SSSR count). The van der Waals surface area contributed by atoms with Crippen LogP contribution in [0, 0.1) is 85.9 Å². The Labute approximate surface area is 789 Å². The third kappa shape index (κ3) is 13.7. The largest absolute Gasteiger partial charge is 0.466 e. The smallest absolute Gasteiger partial charge is 0.330 e. The molecule has 16 bridgehead atoms. The number of nitrogens with one attached hydrogen (secondary N) is 4. The van der Waals surface area contributed by atoms with Gasteiger partial charge in [-0.3, -0.25) is 23.1 Å². The number of allylic oxidation sites excluding steroid dienone is 1. The molecule has 8 unspecified atom stereocenters. The molecule has 0 amide bonds. The Bertz CT molecular complexity index is 7440. The van der Waals surface area contributed by atoms with Crippen molar-refractivity contribution >= 4 is 115 Å². The van der Waals surface area contributed by atoms with Crippen molar-refractivity contribution in [3.05, 3.63) is 173 Å². The topological polar surface area (TPSA) is 391 Å². The Morgan fingerprint density at radius 1 is 0.460 bits per heavy atom. The molecule has 14 aromatic rings. The summed E-state index contributed by atoms with van der Waals surface area (Å²) in [6.07, 6.45) is 48.9. The van der Waals surface area contributed by atoms with Crippen molar-refractivity contribution in [1.82, 2.24) is 117 Å². The van der Waals surface area contributed by atoms with E-state index in [9.17, 15) is 19.5 Å². The van der Waals surface area contributed by atoms with E-state index in [4.69, 9.17) is 29.4 Å². The Kier molecular flexibility index (Phi) is 19.1. The Hall–Kier alpha value is -13.2. The summed E-state index contributed by atoms with van der Waals surface area (Å²) in [5, 5.41) is 41.7. The zero-order chi connectivity index (χ0) is 93.7. The number of hydrogen-bond donors (Lipinski definition) is 5. The normalized spacial score (nSPS) is 30.5. The number of esters is 1. The lowest BCUT2D eigenvalue weighted by atomic mass is 9.46. The van der Waals surface area contributed by atoms with E-state index in [1.807, 2.05) is 115 Å². The second-order valence-corrected chi connectivity index (χ2v) is 43.9. The van der Waals surface area contributed by atoms with Crippen LogP contribution in [0.5, 0.6) is 0 Å². The molecule has 137 heavy (non-hydrogen) atoms. The SMILES string of the molecule is C=C1Cc2cnc(Nc3cn4ncnc4cc3C)nc2N1C12CC3CC(CC(O)(C3)C1)C2.C=C1N(C)c2cnc(Nc3cn4ncnc4cc3C)nc2N1C12CC3CC(CC(OC)(C3)C1)C2.CCC12CC3CC(C1)CC(n1c(=O)n(C)c4cnc(Nc5cn6ncnc6cc5C)nc41)(C3)C2.CCOC(=O)C12CC3CC(C1)CC(n1c(=O)n(C)c4cnc(Nc5cn6ncnc6cc5C)nc41)(C3)C2. The van der Waals surface area contributed by atoms with Crippen LogP contribution in [0.2, 0.25) is 0 Å². The minimum atomic E-state index is -0.522. The highest BCUT2D eigenvalue weighted by atomic mass is 16.5. The highest BCUT2D eigenvalue weighted by Gasteiger charge is 2.66. The molecule has 18 aliphatic rings. The molecule has 5 N–H and O–H groups in total. The van der Waals surface area contributed by atoms with E-state index < -0.39 is 16.6 Å². The van der Waals surface area contributed by atoms with Gasteiger partial charge in [0.15, 0.2) is 39.7 Å². The lowest BCUT2D eigenvalue weighted by molar-refractivity contribution is -0.178. The number of hydrogen-bond acceptors (Lipinski definition) is 29. The van der Waals surface area contributed by atoms with Crippen LogP contribution < -0.4 is 47.3 Å². The number of pyridine rings is 4. The lowest BCUT2D eigenvalue weighted by Gasteiger charge is -2.63. The Morgan fingerprint density at radius 2 is 0.854 bits per heavy atom. The van der Waals surface area contributed by atoms with Crippen LogP contribution in [0.3, 0.4) is 0 Å². The number of nitrogens with zero attached hydrogens (tertiary/aromatic N) is 27. The maximum atomic E-state index is 13.7. The molecule has 16 fully saturated rings. The number of aliphatic hydroxyl groups is 1. The minimum absolute atomic E-state index is 0.00212. The van der Waals surface area contributed by atoms with Gasteiger partial charge in [0.2, 0.25) is 23.8 Å². The van der Waals surface area contributed by atoms with E-state index in [1.165, 1.54) is 76.9 Å². The van der Waals surface area contributed by atoms with Crippen LogP contribution in [-0.2, 0) is 45.9 Å². The molecular formula is C100H117N31O6. The summed E-state index contributed by atoms with van der Waals surface area (Å²) in [7, 11) is 7.57. The predicted octanol–water partition coefficient (Wildman–Crippen LogP) is 14.6. The molecule has 14 aromatic heterocycles. The molecule has 2 aliphatic heterocycles. The monoisotopic (exact) mass is 1850 g/mol. The van der Waals surface area contributed by atoms with Gasteiger partial charge in [-0.05, 0) is 282 Å². The first-order chi connectivity index (χ1) is 66.0. The first-order valence-corrected chi connectivity index (χ1v) is 49.0. The zero-order valence-electron chi connectivity index (χ0n) is 79.4. The van der Waals surface area contributed by atoms with E-state index in [1.54, 1.807) is 59.3 Å². The first-order valence-electron chi connectivity index (χ1n) is 49.0. The summed E-state index contributed by atoms with van der Waals surface area (Å²) in [4.78, 5) is 103. The molecule has 0 saturated heterocycles. The van der Waals surface area contributed by atoms with Crippen LogP contribution in [-0.4, -0.2) is 171 Å². The molecule has 37 nitrogen and oxygen atoms in total. The number of carbonyl (C=O) groups is 1. The van der Waals surface area contributed by atoms with Gasteiger partial charge in [0.05, 0.1) is 106 Å². The van der Waals surface area contributed by atoms with Crippen LogP contribution in [0.4, 0.5) is 63.9 Å². The fraction of sp³-hybridized carbons (Fsp3) is 0.530. The molecule has 16 aliphatic carbocycles. The van der Waals surface area contributed by atoms with Gasteiger partial charge in [0, 0.05) is 64.1 Å². The second kappa shape index (κ2) is 30.7. The number of methoxy groups -OCH3 is 1. The minimum Gasteiger partial charge on any atom is -0.466 e. The van der Waals surface area contributed by atoms with E-state index in [-0.39, 0.29) is 39.6 Å². The number of ether oxygens (including phenoxy) is 2. The summed E-state index contributed by atoms with van der Waals surface area (Å²) >= 11 is 0. The summed E-state index contributed by atoms with van der Waals surface area (Å²) in [5.74, 6) is 9.69. The molecular weight excluding hydrogens is 1730 g/mol. The predicted molar refractivity (Wildman–Crippen MR) is 516 cm³/mol. The zero-order valence-corrected chi connectivity index (χ0v) is 79.4. The van der Waals surface area contributed by atoms with Gasteiger partial charge in [-0.15, -0.1) is 0 Å². The number of aryl methyl sites for hydroxylation is 6. The fourth-order valence-electron chi connectivity index (χ4n) is 30.7. The number of aromatic nitrogens is 24. The van der Waals surface area contributed by atoms with Crippen LogP contribution >= 0.6 is 0 Å². The van der Waals surface area contributed by atoms with Gasteiger partial charge >= 0.3 is 17.3 Å². The highest BCUT2D eigenvalue weighted by molar-refractivity contribution is 5.82. The first kappa shape index (κ1) is 85.5. The molecule has 16 saturated carbocycles. The number of rotatable bonds is 16. The van der Waals surface area contributed by atoms with E-state index >= 15 is 0 Å². The maximum Gasteiger partial charge on any atom is 0.330 e. The standard InChI is InChI=1S/C26H30N8O3.2C25H30N8O.C24H27N7O/c1-4-37-22(35)25-7-16-6-17(8-25)10-26(9-16,13-25)34-21-19(32(3)24(34)36)11-27-23(31-21)30-18-12-33-20(5-15(18)2)28-14-29-33;1-15-5-21-27-14-28-32(21)12-19(15)29-23-26-11-20-22(30-23)33(16(2)31(20)3)24-7-17-6-18(8-24)10-25(9-17,13-24)34-4;1-4-24-7-16-6-17(8-24)10-25(9-16,13-24)33-21-19(31(3)23(33)34)11-26-22(30-21)29-18-12-32-20(5-15(18)2)27-14-28-32;1-14-3-20-26-13-27-30(20)11-19(14)28-22-25-10-18-4-15(2)31(21(18)29-22)23-6-16-5-17(7-23)9-24(32,8-16)12-23/h5,11-12,14,16-17H,4,6-10,13H2,1-3H3,(H,27,30,31);5,11-12,14,17-18H,2,6-10,13H2,1,3-4H3,(H,26,29,30);5,11-12,14,16-17H,4,6-10,13H2,1-3H3,(H,26,29,30);3,10-11,13,16-17,32H,2,4-9,12H2,1H3,(H,25,28,29). The third-order valence-corrected chi connectivity index (χ3v) is 34.8. The molecule has 0 aromatic carbocycles. The summed E-state index contributed by atoms with van der Waals surface area (Å²) < 4.78 is 26.0. The number of carbonyl (C=O) groups excluding carboxylic acids is 1. The quantitative estimate of drug-likeness (QED) is 0.0561. The Morgan fingerprint density at radius 3 is 1.29 bits per heavy atom. The maximum absolute atomic E-state index is 13.7. The van der Waals surface area contributed by atoms with Gasteiger partial charge in [-0.1, -0.05) is 26.5 Å². The van der Waals surface area contributed by atoms with Crippen molar-refractivity contribution in [3.8, 4) is 0 Å². The van der Waals surface area contributed by atoms with Crippen molar-refractivity contribution < 1.29 is 19.4 Å². The molecule has 8 atom stereocenters. The summed E-state index contributed by atoms with van der Waals surface area (Å²) in [6, 6.07) is 7.92. The van der Waals surface area contributed by atoms with Crippen molar-refractivity contribution in [2.45, 2.75) is 242 Å². The van der Waals surface area contributed by atoms with Gasteiger partial charge in [-0.25, -0.2) is 67.5 Å². The van der Waals surface area contributed by atoms with E-state index in [0.717, 1.165) is 221 Å². The van der Waals surface area contributed by atoms with Crippen molar-refractivity contribution in [3.63, 3.8) is 0 Å². The molecule has 0 radical (unpaired) electrons. The second-order valence-electron chi connectivity index (χ2n) is 43.9. The van der Waals surface area contributed by atoms with Gasteiger partial charge in [0.25, 0.3) is 0 Å². The van der Waals surface area contributed by atoms with Crippen molar-refractivity contribution in [1.29, 1.82) is 0 Å². The molecule has 37 heteroatoms. The van der Waals surface area contributed by atoms with Crippen LogP contribution in [0.1, 0.15) is 202 Å². The molecule has 0 spiro atoms. The lowest BCUT2D eigenvalue weighted by Crippen LogP contribution is -2.66. The summed E-state index contributed by atoms with van der Waals surface area (Å²) in [6.45, 7) is 21.6.